The van der Waals surface area contributed by atoms with E-state index in [-0.39, 0.29) is 11.9 Å². The van der Waals surface area contributed by atoms with Gasteiger partial charge in [0.25, 0.3) is 0 Å². The molecule has 1 atom stereocenters. The Morgan fingerprint density at radius 2 is 1.48 bits per heavy atom. The van der Waals surface area contributed by atoms with Gasteiger partial charge in [-0.2, -0.15) is 0 Å². The average molecular weight is 396 g/mol. The Morgan fingerprint density at radius 1 is 0.828 bits per heavy atom. The second-order valence-electron chi connectivity index (χ2n) is 7.52. The molecule has 1 fully saturated rings. The molecule has 0 N–H and O–H groups in total. The highest BCUT2D eigenvalue weighted by atomic mass is 19.2. The number of rotatable bonds is 7. The van der Waals surface area contributed by atoms with E-state index in [0.29, 0.717) is 42.6 Å². The zero-order valence-corrected chi connectivity index (χ0v) is 16.4. The van der Waals surface area contributed by atoms with Crippen LogP contribution >= 0.6 is 0 Å². The molecule has 0 aromatic heterocycles. The predicted octanol–water partition coefficient (Wildman–Crippen LogP) is 6.58. The topological polar surface area (TPSA) is 12.5 Å². The molecule has 0 radical (unpaired) electrons. The molecule has 0 aliphatic carbocycles. The van der Waals surface area contributed by atoms with E-state index in [0.717, 1.165) is 23.1 Å². The van der Waals surface area contributed by atoms with Crippen molar-refractivity contribution in [1.82, 2.24) is 0 Å². The number of benzene rings is 3. The maximum atomic E-state index is 14.4. The molecule has 0 spiro atoms. The highest BCUT2D eigenvalue weighted by Gasteiger charge is 2.25. The second-order valence-corrected chi connectivity index (χ2v) is 7.52. The first-order chi connectivity index (χ1) is 14.1. The standard InChI is InChI=1S/C25H23F3O/c1-2-3-18-10-11-19(25(28)24(18)27)9-6-16-4-7-17(8-5-16)21-13-12-20(14-22(21)26)23-15-29-23/h4-5,7-8,10-14,23H,2-3,6,9,15H2,1H3. The Balaban J connectivity index is 1.44. The molecule has 4 rings (SSSR count). The summed E-state index contributed by atoms with van der Waals surface area (Å²) in [5.41, 5.74) is 4.00. The second kappa shape index (κ2) is 8.42. The molecule has 1 aliphatic heterocycles. The van der Waals surface area contributed by atoms with Crippen molar-refractivity contribution in [1.29, 1.82) is 0 Å². The van der Waals surface area contributed by atoms with Crippen molar-refractivity contribution in [2.45, 2.75) is 38.7 Å². The molecule has 0 amide bonds. The average Bonchev–Trinajstić information content (AvgIpc) is 3.57. The van der Waals surface area contributed by atoms with Crippen molar-refractivity contribution in [3.05, 3.63) is 94.3 Å². The normalized spacial score (nSPS) is 15.5. The maximum Gasteiger partial charge on any atom is 0.162 e. The van der Waals surface area contributed by atoms with Gasteiger partial charge in [0.05, 0.1) is 6.61 Å². The molecule has 1 nitrogen and oxygen atoms in total. The third-order valence-electron chi connectivity index (χ3n) is 5.41. The van der Waals surface area contributed by atoms with E-state index in [9.17, 15) is 13.2 Å². The summed E-state index contributed by atoms with van der Waals surface area (Å²) in [7, 11) is 0. The Bertz CT molecular complexity index is 1010. The van der Waals surface area contributed by atoms with E-state index < -0.39 is 11.6 Å². The summed E-state index contributed by atoms with van der Waals surface area (Å²) in [6, 6.07) is 16.1. The molecule has 1 saturated heterocycles. The lowest BCUT2D eigenvalue weighted by molar-refractivity contribution is 0.415. The molecule has 0 bridgehead atoms. The van der Waals surface area contributed by atoms with Crippen LogP contribution in [0.15, 0.2) is 54.6 Å². The highest BCUT2D eigenvalue weighted by Crippen LogP contribution is 2.33. The molecule has 150 valence electrons. The Kier molecular flexibility index (Phi) is 5.72. The Hall–Kier alpha value is -2.59. The SMILES string of the molecule is CCCc1ccc(CCc2ccc(-c3ccc(C4CO4)cc3F)cc2)c(F)c1F. The summed E-state index contributed by atoms with van der Waals surface area (Å²) in [5, 5.41) is 0. The van der Waals surface area contributed by atoms with Crippen LogP contribution in [0.25, 0.3) is 11.1 Å². The van der Waals surface area contributed by atoms with E-state index in [2.05, 4.69) is 0 Å². The Labute approximate surface area is 169 Å². The first-order valence-electron chi connectivity index (χ1n) is 10.0. The number of hydrogen-bond acceptors (Lipinski definition) is 1. The van der Waals surface area contributed by atoms with E-state index in [1.165, 1.54) is 6.07 Å². The minimum atomic E-state index is -0.741. The number of aryl methyl sites for hydroxylation is 3. The molecule has 4 heteroatoms. The van der Waals surface area contributed by atoms with Gasteiger partial charge in [0.2, 0.25) is 0 Å². The lowest BCUT2D eigenvalue weighted by Gasteiger charge is -2.09. The third-order valence-corrected chi connectivity index (χ3v) is 5.41. The van der Waals surface area contributed by atoms with Crippen molar-refractivity contribution in [3.8, 4) is 11.1 Å². The smallest absolute Gasteiger partial charge is 0.162 e. The summed E-state index contributed by atoms with van der Waals surface area (Å²) in [4.78, 5) is 0. The molecular formula is C25H23F3O. The van der Waals surface area contributed by atoms with Crippen molar-refractivity contribution in [3.63, 3.8) is 0 Å². The zero-order valence-electron chi connectivity index (χ0n) is 16.4. The molecule has 1 aliphatic rings. The fourth-order valence-corrected chi connectivity index (χ4v) is 3.62. The number of ether oxygens (including phenoxy) is 1. The van der Waals surface area contributed by atoms with Crippen LogP contribution in [-0.4, -0.2) is 6.61 Å². The summed E-state index contributed by atoms with van der Waals surface area (Å²) in [6.07, 6.45) is 2.35. The van der Waals surface area contributed by atoms with Crippen molar-refractivity contribution >= 4 is 0 Å². The number of epoxide rings is 1. The van der Waals surface area contributed by atoms with Crippen molar-refractivity contribution in [2.24, 2.45) is 0 Å². The maximum absolute atomic E-state index is 14.4. The van der Waals surface area contributed by atoms with Gasteiger partial charge in [0, 0.05) is 5.56 Å². The number of halogens is 3. The van der Waals surface area contributed by atoms with Gasteiger partial charge in [-0.3, -0.25) is 0 Å². The largest absolute Gasteiger partial charge is 0.368 e. The van der Waals surface area contributed by atoms with Crippen LogP contribution < -0.4 is 0 Å². The van der Waals surface area contributed by atoms with Gasteiger partial charge in [-0.1, -0.05) is 61.9 Å². The molecule has 3 aromatic carbocycles. The van der Waals surface area contributed by atoms with Crippen LogP contribution in [0.5, 0.6) is 0 Å². The van der Waals surface area contributed by atoms with E-state index in [1.54, 1.807) is 18.2 Å². The van der Waals surface area contributed by atoms with E-state index in [1.807, 2.05) is 37.3 Å². The van der Waals surface area contributed by atoms with Gasteiger partial charge in [-0.05, 0) is 53.1 Å². The molecule has 29 heavy (non-hydrogen) atoms. The fourth-order valence-electron chi connectivity index (χ4n) is 3.62. The predicted molar refractivity (Wildman–Crippen MR) is 108 cm³/mol. The molecule has 3 aromatic rings. The summed E-state index contributed by atoms with van der Waals surface area (Å²) in [6.45, 7) is 2.59. The van der Waals surface area contributed by atoms with Crippen LogP contribution in [0.2, 0.25) is 0 Å². The van der Waals surface area contributed by atoms with E-state index in [4.69, 9.17) is 4.74 Å². The number of hydrogen-bond donors (Lipinski definition) is 0. The summed E-state index contributed by atoms with van der Waals surface area (Å²) < 4.78 is 48.0. The highest BCUT2D eigenvalue weighted by molar-refractivity contribution is 5.65. The molecule has 1 unspecified atom stereocenters. The first-order valence-corrected chi connectivity index (χ1v) is 10.0. The fraction of sp³-hybridized carbons (Fsp3) is 0.280. The van der Waals surface area contributed by atoms with Gasteiger partial charge in [0.15, 0.2) is 11.6 Å². The van der Waals surface area contributed by atoms with Gasteiger partial charge in [-0.15, -0.1) is 0 Å². The van der Waals surface area contributed by atoms with Crippen LogP contribution in [0.4, 0.5) is 13.2 Å². The minimum Gasteiger partial charge on any atom is -0.368 e. The zero-order chi connectivity index (χ0) is 20.4. The van der Waals surface area contributed by atoms with Crippen LogP contribution in [0, 0.1) is 17.5 Å². The van der Waals surface area contributed by atoms with Gasteiger partial charge < -0.3 is 4.74 Å². The molecular weight excluding hydrogens is 373 g/mol. The van der Waals surface area contributed by atoms with Gasteiger partial charge in [0.1, 0.15) is 11.9 Å². The summed E-state index contributed by atoms with van der Waals surface area (Å²) in [5.74, 6) is -1.74. The van der Waals surface area contributed by atoms with Crippen LogP contribution in [0.1, 0.15) is 41.7 Å². The van der Waals surface area contributed by atoms with Gasteiger partial charge in [-0.25, -0.2) is 13.2 Å². The van der Waals surface area contributed by atoms with Crippen LogP contribution in [0.3, 0.4) is 0 Å². The minimum absolute atomic E-state index is 0.0298. The molecule has 1 heterocycles. The summed E-state index contributed by atoms with van der Waals surface area (Å²) >= 11 is 0. The van der Waals surface area contributed by atoms with E-state index >= 15 is 0 Å². The third kappa shape index (κ3) is 4.38. The lowest BCUT2D eigenvalue weighted by Crippen LogP contribution is -2.01. The lowest BCUT2D eigenvalue weighted by atomic mass is 9.98. The monoisotopic (exact) mass is 396 g/mol. The quantitative estimate of drug-likeness (QED) is 0.411. The van der Waals surface area contributed by atoms with Crippen molar-refractivity contribution < 1.29 is 17.9 Å². The Morgan fingerprint density at radius 3 is 2.07 bits per heavy atom. The van der Waals surface area contributed by atoms with Gasteiger partial charge >= 0.3 is 0 Å². The van der Waals surface area contributed by atoms with Crippen LogP contribution in [-0.2, 0) is 24.0 Å². The molecule has 0 saturated carbocycles. The van der Waals surface area contributed by atoms with Crippen molar-refractivity contribution in [2.75, 3.05) is 6.61 Å². The first kappa shape index (κ1) is 19.7.